The van der Waals surface area contributed by atoms with Crippen molar-refractivity contribution in [3.8, 4) is 34.2 Å². The van der Waals surface area contributed by atoms with Gasteiger partial charge in [-0.05, 0) is 47.5 Å². The van der Waals surface area contributed by atoms with Crippen LogP contribution in [0.1, 0.15) is 29.8 Å². The van der Waals surface area contributed by atoms with Gasteiger partial charge in [0.15, 0.2) is 0 Å². The Morgan fingerprint density at radius 2 is 1.69 bits per heavy atom. The number of hydrogen-bond acceptors (Lipinski definition) is 5. The van der Waals surface area contributed by atoms with E-state index in [0.717, 1.165) is 28.0 Å². The topological polar surface area (TPSA) is 79.9 Å². The van der Waals surface area contributed by atoms with Crippen LogP contribution in [0.3, 0.4) is 0 Å². The molecule has 1 amide bonds. The number of nitriles is 1. The summed E-state index contributed by atoms with van der Waals surface area (Å²) in [6.45, 7) is 6.27. The van der Waals surface area contributed by atoms with Gasteiger partial charge in [-0.2, -0.15) is 5.26 Å². The molecule has 1 fully saturated rings. The number of fused-ring (bicyclic) bond motifs is 1. The molecule has 2 aromatic carbocycles. The molecule has 0 saturated carbocycles. The Kier molecular flexibility index (Phi) is 7.44. The van der Waals surface area contributed by atoms with Gasteiger partial charge in [0.05, 0.1) is 49.4 Å². The predicted molar refractivity (Wildman–Crippen MR) is 135 cm³/mol. The van der Waals surface area contributed by atoms with E-state index in [0.29, 0.717) is 43.2 Å². The summed E-state index contributed by atoms with van der Waals surface area (Å²) in [5.74, 6) is 0.497. The summed E-state index contributed by atoms with van der Waals surface area (Å²) in [5.41, 5.74) is 5.80. The molecule has 3 heterocycles. The molecule has 0 spiro atoms. The standard InChI is InChI=1S/C26H22N4O3.C2H6/c1-32-24-14-20(6-8-22(24)26(31)29-10-12-33-13-11-29)21-7-9-25-28-16-23(30(25)17-21)19-4-2-18(15-27)3-5-19;1-2/h2-9,14,16-17H,10-13H2,1H3;1-2H3. The molecule has 2 aromatic heterocycles. The highest BCUT2D eigenvalue weighted by atomic mass is 16.5. The van der Waals surface area contributed by atoms with Gasteiger partial charge < -0.3 is 14.4 Å². The predicted octanol–water partition coefficient (Wildman–Crippen LogP) is 5.05. The van der Waals surface area contributed by atoms with Crippen molar-refractivity contribution < 1.29 is 14.3 Å². The van der Waals surface area contributed by atoms with Gasteiger partial charge in [0.1, 0.15) is 11.4 Å². The van der Waals surface area contributed by atoms with Gasteiger partial charge in [0.25, 0.3) is 5.91 Å². The van der Waals surface area contributed by atoms with Crippen LogP contribution in [0.4, 0.5) is 0 Å². The molecule has 0 aliphatic carbocycles. The average molecular weight is 469 g/mol. The van der Waals surface area contributed by atoms with E-state index >= 15 is 0 Å². The summed E-state index contributed by atoms with van der Waals surface area (Å²) in [7, 11) is 1.58. The van der Waals surface area contributed by atoms with Gasteiger partial charge in [-0.25, -0.2) is 4.98 Å². The number of morpholine rings is 1. The largest absolute Gasteiger partial charge is 0.496 e. The van der Waals surface area contributed by atoms with Crippen LogP contribution in [0.15, 0.2) is 67.0 Å². The van der Waals surface area contributed by atoms with E-state index in [2.05, 4.69) is 11.1 Å². The van der Waals surface area contributed by atoms with Crippen LogP contribution < -0.4 is 4.74 Å². The second-order valence-electron chi connectivity index (χ2n) is 7.80. The van der Waals surface area contributed by atoms with Gasteiger partial charge >= 0.3 is 0 Å². The molecule has 1 aliphatic heterocycles. The van der Waals surface area contributed by atoms with Crippen molar-refractivity contribution in [1.29, 1.82) is 5.26 Å². The first-order valence-electron chi connectivity index (χ1n) is 11.7. The number of ether oxygens (including phenoxy) is 2. The smallest absolute Gasteiger partial charge is 0.257 e. The van der Waals surface area contributed by atoms with Crippen molar-refractivity contribution in [1.82, 2.24) is 14.3 Å². The monoisotopic (exact) mass is 468 g/mol. The van der Waals surface area contributed by atoms with Crippen LogP contribution in [0.5, 0.6) is 5.75 Å². The lowest BCUT2D eigenvalue weighted by Crippen LogP contribution is -2.40. The Bertz CT molecular complexity index is 1360. The van der Waals surface area contributed by atoms with Crippen LogP contribution in [-0.4, -0.2) is 53.6 Å². The number of carbonyl (C=O) groups is 1. The molecule has 5 rings (SSSR count). The first-order chi connectivity index (χ1) is 17.2. The van der Waals surface area contributed by atoms with E-state index < -0.39 is 0 Å². The second-order valence-corrected chi connectivity index (χ2v) is 7.80. The van der Waals surface area contributed by atoms with Crippen LogP contribution in [0, 0.1) is 11.3 Å². The Labute approximate surface area is 205 Å². The number of nitrogens with zero attached hydrogens (tertiary/aromatic N) is 4. The van der Waals surface area contributed by atoms with E-state index in [1.807, 2.05) is 73.1 Å². The fourth-order valence-corrected chi connectivity index (χ4v) is 4.06. The number of rotatable bonds is 4. The molecular formula is C28H28N4O3. The van der Waals surface area contributed by atoms with E-state index in [9.17, 15) is 4.79 Å². The Hall–Kier alpha value is -4.15. The van der Waals surface area contributed by atoms with Crippen LogP contribution >= 0.6 is 0 Å². The number of pyridine rings is 1. The Morgan fingerprint density at radius 1 is 1.00 bits per heavy atom. The molecule has 0 N–H and O–H groups in total. The molecule has 0 atom stereocenters. The lowest BCUT2D eigenvalue weighted by molar-refractivity contribution is 0.0301. The number of benzene rings is 2. The van der Waals surface area contributed by atoms with Crippen LogP contribution in [0.2, 0.25) is 0 Å². The van der Waals surface area contributed by atoms with E-state index in [4.69, 9.17) is 14.7 Å². The SMILES string of the molecule is CC.COc1cc(-c2ccc3ncc(-c4ccc(C#N)cc4)n3c2)ccc1C(=O)N1CCOCC1. The third kappa shape index (κ3) is 4.88. The minimum atomic E-state index is -0.0464. The van der Waals surface area contributed by atoms with E-state index in [1.54, 1.807) is 24.1 Å². The molecule has 0 bridgehead atoms. The zero-order chi connectivity index (χ0) is 24.8. The Morgan fingerprint density at radius 3 is 2.37 bits per heavy atom. The molecule has 7 nitrogen and oxygen atoms in total. The number of aromatic nitrogens is 2. The van der Waals surface area contributed by atoms with Crippen molar-refractivity contribution >= 4 is 11.6 Å². The van der Waals surface area contributed by atoms with Gasteiger partial charge in [0, 0.05) is 24.8 Å². The summed E-state index contributed by atoms with van der Waals surface area (Å²) in [4.78, 5) is 19.3. The maximum Gasteiger partial charge on any atom is 0.257 e. The molecule has 1 saturated heterocycles. The number of amides is 1. The summed E-state index contributed by atoms with van der Waals surface area (Å²) >= 11 is 0. The first-order valence-corrected chi connectivity index (χ1v) is 11.7. The molecule has 35 heavy (non-hydrogen) atoms. The first kappa shape index (κ1) is 24.0. The summed E-state index contributed by atoms with van der Waals surface area (Å²) in [6, 6.07) is 19.2. The van der Waals surface area contributed by atoms with Gasteiger partial charge in [-0.15, -0.1) is 0 Å². The third-order valence-corrected chi connectivity index (χ3v) is 5.88. The number of carbonyl (C=O) groups excluding carboxylic acids is 1. The van der Waals surface area contributed by atoms with Gasteiger partial charge in [-0.1, -0.05) is 32.0 Å². The zero-order valence-electron chi connectivity index (χ0n) is 20.2. The van der Waals surface area contributed by atoms with Gasteiger partial charge in [-0.3, -0.25) is 9.20 Å². The quantitative estimate of drug-likeness (QED) is 0.419. The van der Waals surface area contributed by atoms with Crippen molar-refractivity contribution in [2.75, 3.05) is 33.4 Å². The highest BCUT2D eigenvalue weighted by molar-refractivity contribution is 5.97. The molecule has 1 aliphatic rings. The van der Waals surface area contributed by atoms with Crippen molar-refractivity contribution in [3.63, 3.8) is 0 Å². The molecule has 4 aromatic rings. The van der Waals surface area contributed by atoms with Crippen LogP contribution in [0.25, 0.3) is 28.0 Å². The maximum absolute atomic E-state index is 13.0. The average Bonchev–Trinajstić information content (AvgIpc) is 3.37. The molecule has 0 unspecified atom stereocenters. The number of hydrogen-bond donors (Lipinski definition) is 0. The zero-order valence-corrected chi connectivity index (χ0v) is 20.2. The third-order valence-electron chi connectivity index (χ3n) is 5.88. The van der Waals surface area contributed by atoms with Crippen molar-refractivity contribution in [2.45, 2.75) is 13.8 Å². The summed E-state index contributed by atoms with van der Waals surface area (Å²) in [5, 5.41) is 9.06. The summed E-state index contributed by atoms with van der Waals surface area (Å²) < 4.78 is 13.0. The normalized spacial score (nSPS) is 13.0. The van der Waals surface area contributed by atoms with Gasteiger partial charge in [0.2, 0.25) is 0 Å². The minimum absolute atomic E-state index is 0.0464. The molecule has 178 valence electrons. The van der Waals surface area contributed by atoms with E-state index in [-0.39, 0.29) is 5.91 Å². The maximum atomic E-state index is 13.0. The van der Waals surface area contributed by atoms with Crippen LogP contribution in [-0.2, 0) is 4.74 Å². The fraction of sp³-hybridized carbons (Fsp3) is 0.250. The Balaban J connectivity index is 0.00000141. The fourth-order valence-electron chi connectivity index (χ4n) is 4.06. The molecule has 7 heteroatoms. The molecular weight excluding hydrogens is 440 g/mol. The molecule has 0 radical (unpaired) electrons. The minimum Gasteiger partial charge on any atom is -0.496 e. The lowest BCUT2D eigenvalue weighted by atomic mass is 10.0. The number of imidazole rings is 1. The lowest BCUT2D eigenvalue weighted by Gasteiger charge is -2.27. The van der Waals surface area contributed by atoms with Crippen molar-refractivity contribution in [2.24, 2.45) is 0 Å². The highest BCUT2D eigenvalue weighted by Gasteiger charge is 2.22. The summed E-state index contributed by atoms with van der Waals surface area (Å²) in [6.07, 6.45) is 3.85. The second kappa shape index (κ2) is 10.9. The van der Waals surface area contributed by atoms with E-state index in [1.165, 1.54) is 0 Å². The number of methoxy groups -OCH3 is 1. The van der Waals surface area contributed by atoms with Crippen molar-refractivity contribution in [3.05, 3.63) is 78.1 Å². The highest BCUT2D eigenvalue weighted by Crippen LogP contribution is 2.30.